The number of alkyl halides is 2. The number of nitrogens with zero attached hydrogens (tertiary/aromatic N) is 5. The van der Waals surface area contributed by atoms with Gasteiger partial charge in [-0.2, -0.15) is 5.26 Å². The molecule has 1 aromatic carbocycles. The Morgan fingerprint density at radius 2 is 2.03 bits per heavy atom. The predicted octanol–water partition coefficient (Wildman–Crippen LogP) is 5.67. The highest BCUT2D eigenvalue weighted by molar-refractivity contribution is 5.89. The lowest BCUT2D eigenvalue weighted by Crippen LogP contribution is -2.48. The van der Waals surface area contributed by atoms with E-state index in [-0.39, 0.29) is 43.6 Å². The third-order valence-corrected chi connectivity index (χ3v) is 7.27. The number of aromatic nitrogens is 2. The summed E-state index contributed by atoms with van der Waals surface area (Å²) < 4.78 is 35.9. The van der Waals surface area contributed by atoms with Crippen LogP contribution in [0.4, 0.5) is 25.1 Å². The van der Waals surface area contributed by atoms with Crippen LogP contribution in [-0.4, -0.2) is 40.3 Å². The lowest BCUT2D eigenvalue weighted by atomic mass is 9.72. The molecule has 0 radical (unpaired) electrons. The van der Waals surface area contributed by atoms with Crippen LogP contribution in [-0.2, 0) is 10.2 Å². The fraction of sp³-hybridized carbons (Fsp3) is 0.500. The summed E-state index contributed by atoms with van der Waals surface area (Å²) in [6, 6.07) is 7.24. The molecule has 1 saturated heterocycles. The third kappa shape index (κ3) is 4.26. The Labute approximate surface area is 202 Å². The average molecular weight is 480 g/mol. The second kappa shape index (κ2) is 8.08. The van der Waals surface area contributed by atoms with Crippen LogP contribution < -0.4 is 4.90 Å². The number of rotatable bonds is 3. The summed E-state index contributed by atoms with van der Waals surface area (Å²) in [7, 11) is 0. The van der Waals surface area contributed by atoms with Gasteiger partial charge in [-0.1, -0.05) is 20.8 Å². The van der Waals surface area contributed by atoms with Crippen LogP contribution in [0.15, 0.2) is 35.6 Å². The van der Waals surface area contributed by atoms with E-state index in [1.807, 2.05) is 20.8 Å². The highest BCUT2D eigenvalue weighted by Crippen LogP contribution is 2.51. The normalized spacial score (nSPS) is 27.1. The molecular formula is C26H27F2N5O2. The van der Waals surface area contributed by atoms with Gasteiger partial charge in [0.05, 0.1) is 42.0 Å². The van der Waals surface area contributed by atoms with Gasteiger partial charge in [0.2, 0.25) is 0 Å². The third-order valence-electron chi connectivity index (χ3n) is 7.27. The molecule has 2 fully saturated rings. The summed E-state index contributed by atoms with van der Waals surface area (Å²) in [5.41, 5.74) is 1.58. The van der Waals surface area contributed by atoms with Gasteiger partial charge in [0, 0.05) is 29.9 Å². The van der Waals surface area contributed by atoms with E-state index in [0.717, 1.165) is 11.3 Å². The number of benzene rings is 1. The molecule has 3 heterocycles. The summed E-state index contributed by atoms with van der Waals surface area (Å²) in [4.78, 5) is 27.4. The molecule has 2 aliphatic heterocycles. The predicted molar refractivity (Wildman–Crippen MR) is 126 cm³/mol. The molecule has 1 aromatic heterocycles. The molecule has 5 rings (SSSR count). The highest BCUT2D eigenvalue weighted by Gasteiger charge is 2.57. The van der Waals surface area contributed by atoms with E-state index in [4.69, 9.17) is 4.74 Å². The molecule has 182 valence electrons. The SMILES string of the molecule is CC(C)(C)c1cnc(N2CC3(CCC(F)(F)C(CC4C=Nc5ccc(C#N)cc54)C3)OC2=O)cn1. The standard InChI is InChI=1S/C26H27F2N5O2/c1-24(2,3)21-13-32-22(14-31-21)33-15-25(35-23(33)34)6-7-26(27,28)18(10-25)9-17-12-30-20-5-4-16(11-29)8-19(17)20/h4-5,8,12-14,17-18H,6-7,9-10,15H2,1-3H3. The molecule has 9 heteroatoms. The molecular weight excluding hydrogens is 452 g/mol. The fourth-order valence-electron chi connectivity index (χ4n) is 5.22. The van der Waals surface area contributed by atoms with Crippen molar-refractivity contribution in [1.82, 2.24) is 9.97 Å². The monoisotopic (exact) mass is 479 g/mol. The van der Waals surface area contributed by atoms with Gasteiger partial charge in [-0.15, -0.1) is 0 Å². The van der Waals surface area contributed by atoms with E-state index >= 15 is 8.78 Å². The first-order chi connectivity index (χ1) is 16.5. The van der Waals surface area contributed by atoms with Crippen LogP contribution in [0, 0.1) is 17.2 Å². The largest absolute Gasteiger partial charge is 0.441 e. The Morgan fingerprint density at radius 1 is 1.23 bits per heavy atom. The minimum atomic E-state index is -2.89. The summed E-state index contributed by atoms with van der Waals surface area (Å²) in [6.07, 6.45) is 4.21. The molecule has 0 N–H and O–H groups in total. The minimum Gasteiger partial charge on any atom is -0.441 e. The molecule has 2 aromatic rings. The number of nitriles is 1. The maximum Gasteiger partial charge on any atom is 0.416 e. The Morgan fingerprint density at radius 3 is 2.71 bits per heavy atom. The average Bonchev–Trinajstić information content (AvgIpc) is 3.36. The lowest BCUT2D eigenvalue weighted by Gasteiger charge is -2.41. The molecule has 1 amide bonds. The molecule has 1 aliphatic carbocycles. The van der Waals surface area contributed by atoms with E-state index < -0.39 is 23.5 Å². The number of amides is 1. The number of aliphatic imine (C=N–C) groups is 1. The van der Waals surface area contributed by atoms with Crippen LogP contribution in [0.25, 0.3) is 0 Å². The first-order valence-corrected chi connectivity index (χ1v) is 11.8. The number of fused-ring (bicyclic) bond motifs is 1. The highest BCUT2D eigenvalue weighted by atomic mass is 19.3. The number of ether oxygens (including phenoxy) is 1. The number of carbonyl (C=O) groups is 1. The van der Waals surface area contributed by atoms with Gasteiger partial charge >= 0.3 is 6.09 Å². The van der Waals surface area contributed by atoms with Gasteiger partial charge in [0.25, 0.3) is 5.92 Å². The molecule has 3 atom stereocenters. The van der Waals surface area contributed by atoms with Gasteiger partial charge in [-0.05, 0) is 43.0 Å². The van der Waals surface area contributed by atoms with E-state index in [0.29, 0.717) is 17.1 Å². The van der Waals surface area contributed by atoms with Crippen LogP contribution in [0.3, 0.4) is 0 Å². The van der Waals surface area contributed by atoms with Crippen LogP contribution >= 0.6 is 0 Å². The summed E-state index contributed by atoms with van der Waals surface area (Å²) in [5.74, 6) is -3.84. The van der Waals surface area contributed by atoms with Crippen molar-refractivity contribution in [2.45, 2.75) is 69.3 Å². The first kappa shape index (κ1) is 23.3. The lowest BCUT2D eigenvalue weighted by molar-refractivity contribution is -0.137. The zero-order valence-corrected chi connectivity index (χ0v) is 20.0. The number of hydrogen-bond donors (Lipinski definition) is 0. The van der Waals surface area contributed by atoms with Gasteiger partial charge in [-0.25, -0.2) is 18.6 Å². The summed E-state index contributed by atoms with van der Waals surface area (Å²) in [5, 5.41) is 9.22. The second-order valence-corrected chi connectivity index (χ2v) is 10.8. The van der Waals surface area contributed by atoms with Gasteiger partial charge in [0.15, 0.2) is 5.82 Å². The maximum absolute atomic E-state index is 15.1. The quantitative estimate of drug-likeness (QED) is 0.566. The molecule has 0 bridgehead atoms. The summed E-state index contributed by atoms with van der Waals surface area (Å²) >= 11 is 0. The number of hydrogen-bond acceptors (Lipinski definition) is 6. The van der Waals surface area contributed by atoms with Crippen molar-refractivity contribution in [3.63, 3.8) is 0 Å². The van der Waals surface area contributed by atoms with Crippen molar-refractivity contribution in [3.8, 4) is 6.07 Å². The van der Waals surface area contributed by atoms with Crippen molar-refractivity contribution >= 4 is 23.8 Å². The van der Waals surface area contributed by atoms with Gasteiger partial charge < -0.3 is 4.74 Å². The second-order valence-electron chi connectivity index (χ2n) is 10.8. The molecule has 1 saturated carbocycles. The molecule has 3 aliphatic rings. The Kier molecular flexibility index (Phi) is 5.38. The first-order valence-electron chi connectivity index (χ1n) is 11.8. The van der Waals surface area contributed by atoms with E-state index in [1.54, 1.807) is 30.6 Å². The molecule has 1 spiro atoms. The Hall–Kier alpha value is -3.41. The number of carbonyl (C=O) groups excluding carboxylic acids is 1. The van der Waals surface area contributed by atoms with Crippen LogP contribution in [0.5, 0.6) is 0 Å². The number of anilines is 1. The van der Waals surface area contributed by atoms with E-state index in [2.05, 4.69) is 21.0 Å². The molecule has 35 heavy (non-hydrogen) atoms. The Bertz CT molecular complexity index is 1230. The topological polar surface area (TPSA) is 91.5 Å². The van der Waals surface area contributed by atoms with E-state index in [9.17, 15) is 10.1 Å². The van der Waals surface area contributed by atoms with Crippen LogP contribution in [0.1, 0.15) is 69.2 Å². The fourth-order valence-corrected chi connectivity index (χ4v) is 5.22. The van der Waals surface area contributed by atoms with Crippen molar-refractivity contribution < 1.29 is 18.3 Å². The number of halogens is 2. The van der Waals surface area contributed by atoms with Crippen molar-refractivity contribution in [2.24, 2.45) is 10.9 Å². The van der Waals surface area contributed by atoms with Crippen molar-refractivity contribution in [1.29, 1.82) is 5.26 Å². The van der Waals surface area contributed by atoms with Crippen LogP contribution in [0.2, 0.25) is 0 Å². The Balaban J connectivity index is 1.35. The van der Waals surface area contributed by atoms with Gasteiger partial charge in [-0.3, -0.25) is 14.9 Å². The zero-order chi connectivity index (χ0) is 25.0. The summed E-state index contributed by atoms with van der Waals surface area (Å²) in [6.45, 7) is 6.22. The van der Waals surface area contributed by atoms with Crippen molar-refractivity contribution in [2.75, 3.05) is 11.4 Å². The minimum absolute atomic E-state index is 0.0490. The molecule has 3 unspecified atom stereocenters. The van der Waals surface area contributed by atoms with Crippen molar-refractivity contribution in [3.05, 3.63) is 47.4 Å². The zero-order valence-electron chi connectivity index (χ0n) is 20.0. The maximum atomic E-state index is 15.1. The molecule has 7 nitrogen and oxygen atoms in total. The van der Waals surface area contributed by atoms with Gasteiger partial charge in [0.1, 0.15) is 5.60 Å². The van der Waals surface area contributed by atoms with E-state index in [1.165, 1.54) is 11.1 Å². The smallest absolute Gasteiger partial charge is 0.416 e.